The van der Waals surface area contributed by atoms with Crippen LogP contribution in [-0.2, 0) is 26.2 Å². The van der Waals surface area contributed by atoms with E-state index in [0.29, 0.717) is 17.1 Å². The van der Waals surface area contributed by atoms with Crippen LogP contribution in [0.2, 0.25) is 5.02 Å². The molecule has 7 nitrogen and oxygen atoms in total. The van der Waals surface area contributed by atoms with Crippen LogP contribution in [0.25, 0.3) is 0 Å². The number of benzene rings is 3. The standard InChI is InChI=1S/C27H30ClN3O4S/c1-4-25(27(33)29-3)30(18-21-10-8-9-20(2)17-21)26(32)19-31(23-15-13-22(28)14-16-23)36(34,35)24-11-6-5-7-12-24/h5-17,25H,4,18-19H2,1-3H3,(H,29,33)/t25-/m0/s1. The van der Waals surface area contributed by atoms with Gasteiger partial charge in [0.25, 0.3) is 10.0 Å². The molecule has 0 spiro atoms. The number of aryl methyl sites for hydroxylation is 1. The van der Waals surface area contributed by atoms with E-state index >= 15 is 0 Å². The first-order chi connectivity index (χ1) is 17.2. The lowest BCUT2D eigenvalue weighted by Crippen LogP contribution is -2.51. The molecule has 1 N–H and O–H groups in total. The summed E-state index contributed by atoms with van der Waals surface area (Å²) in [4.78, 5) is 28.0. The minimum absolute atomic E-state index is 0.0522. The van der Waals surface area contributed by atoms with E-state index in [1.54, 1.807) is 42.5 Å². The molecule has 3 rings (SSSR count). The van der Waals surface area contributed by atoms with E-state index in [0.717, 1.165) is 15.4 Å². The molecule has 36 heavy (non-hydrogen) atoms. The topological polar surface area (TPSA) is 86.8 Å². The van der Waals surface area contributed by atoms with Crippen LogP contribution in [-0.4, -0.2) is 44.8 Å². The summed E-state index contributed by atoms with van der Waals surface area (Å²) in [5.41, 5.74) is 2.15. The number of nitrogens with one attached hydrogen (secondary N) is 1. The van der Waals surface area contributed by atoms with Gasteiger partial charge in [0.15, 0.2) is 0 Å². The Balaban J connectivity index is 2.04. The predicted octanol–water partition coefficient (Wildman–Crippen LogP) is 4.40. The molecule has 0 aliphatic rings. The van der Waals surface area contributed by atoms with Crippen LogP contribution in [0.1, 0.15) is 24.5 Å². The van der Waals surface area contributed by atoms with Gasteiger partial charge in [-0.2, -0.15) is 0 Å². The predicted molar refractivity (Wildman–Crippen MR) is 142 cm³/mol. The smallest absolute Gasteiger partial charge is 0.264 e. The van der Waals surface area contributed by atoms with Gasteiger partial charge in [0, 0.05) is 18.6 Å². The molecule has 0 bridgehead atoms. The van der Waals surface area contributed by atoms with Gasteiger partial charge in [0.2, 0.25) is 11.8 Å². The van der Waals surface area contributed by atoms with Crippen LogP contribution < -0.4 is 9.62 Å². The highest BCUT2D eigenvalue weighted by molar-refractivity contribution is 7.92. The minimum atomic E-state index is -4.09. The number of rotatable bonds is 10. The largest absolute Gasteiger partial charge is 0.357 e. The fraction of sp³-hybridized carbons (Fsp3) is 0.259. The Morgan fingerprint density at radius 3 is 2.22 bits per heavy atom. The Labute approximate surface area is 217 Å². The maximum atomic E-state index is 13.8. The van der Waals surface area contributed by atoms with Gasteiger partial charge in [0.05, 0.1) is 10.6 Å². The van der Waals surface area contributed by atoms with E-state index < -0.39 is 28.5 Å². The van der Waals surface area contributed by atoms with Crippen LogP contribution in [0, 0.1) is 6.92 Å². The fourth-order valence-corrected chi connectivity index (χ4v) is 5.51. The van der Waals surface area contributed by atoms with Crippen molar-refractivity contribution in [3.63, 3.8) is 0 Å². The zero-order valence-corrected chi connectivity index (χ0v) is 22.1. The number of likely N-dealkylation sites (N-methyl/N-ethyl adjacent to an activating group) is 1. The molecule has 0 heterocycles. The number of nitrogens with zero attached hydrogens (tertiary/aromatic N) is 2. The molecule has 0 saturated heterocycles. The molecule has 0 aliphatic heterocycles. The highest BCUT2D eigenvalue weighted by Gasteiger charge is 2.33. The van der Waals surface area contributed by atoms with Crippen LogP contribution in [0.15, 0.2) is 83.8 Å². The second kappa shape index (κ2) is 12.1. The van der Waals surface area contributed by atoms with Gasteiger partial charge in [-0.3, -0.25) is 13.9 Å². The van der Waals surface area contributed by atoms with Crippen LogP contribution >= 0.6 is 11.6 Å². The zero-order chi connectivity index (χ0) is 26.3. The molecular formula is C27H30ClN3O4S. The number of anilines is 1. The Morgan fingerprint density at radius 1 is 0.972 bits per heavy atom. The summed E-state index contributed by atoms with van der Waals surface area (Å²) in [6, 6.07) is 21.0. The van der Waals surface area contributed by atoms with Gasteiger partial charge in [-0.15, -0.1) is 0 Å². The average molecular weight is 528 g/mol. The van der Waals surface area contributed by atoms with Gasteiger partial charge < -0.3 is 10.2 Å². The number of carbonyl (C=O) groups is 2. The summed E-state index contributed by atoms with van der Waals surface area (Å²) in [7, 11) is -2.58. The van der Waals surface area contributed by atoms with Crippen molar-refractivity contribution in [2.45, 2.75) is 37.8 Å². The van der Waals surface area contributed by atoms with Crippen molar-refractivity contribution in [3.8, 4) is 0 Å². The third-order valence-corrected chi connectivity index (χ3v) is 7.83. The summed E-state index contributed by atoms with van der Waals surface area (Å²) in [6.07, 6.45) is 0.365. The molecule has 9 heteroatoms. The van der Waals surface area contributed by atoms with E-state index in [9.17, 15) is 18.0 Å². The molecule has 2 amide bonds. The summed E-state index contributed by atoms with van der Waals surface area (Å²) in [5.74, 6) is -0.816. The summed E-state index contributed by atoms with van der Waals surface area (Å²) in [5, 5.41) is 3.06. The Kier molecular flexibility index (Phi) is 9.12. The highest BCUT2D eigenvalue weighted by atomic mass is 35.5. The molecule has 0 aromatic heterocycles. The highest BCUT2D eigenvalue weighted by Crippen LogP contribution is 2.26. The van der Waals surface area contributed by atoms with Crippen molar-refractivity contribution in [3.05, 3.63) is 95.0 Å². The molecular weight excluding hydrogens is 498 g/mol. The maximum Gasteiger partial charge on any atom is 0.264 e. The van der Waals surface area contributed by atoms with Crippen molar-refractivity contribution in [2.24, 2.45) is 0 Å². The number of halogens is 1. The van der Waals surface area contributed by atoms with Crippen molar-refractivity contribution in [2.75, 3.05) is 17.9 Å². The Morgan fingerprint density at radius 2 is 1.64 bits per heavy atom. The van der Waals surface area contributed by atoms with E-state index in [1.165, 1.54) is 24.1 Å². The molecule has 0 aliphatic carbocycles. The second-order valence-corrected chi connectivity index (χ2v) is 10.6. The summed E-state index contributed by atoms with van der Waals surface area (Å²) >= 11 is 6.03. The zero-order valence-electron chi connectivity index (χ0n) is 20.5. The first-order valence-corrected chi connectivity index (χ1v) is 13.4. The van der Waals surface area contributed by atoms with Gasteiger partial charge in [-0.05, 0) is 55.3 Å². The van der Waals surface area contributed by atoms with Gasteiger partial charge in [-0.25, -0.2) is 8.42 Å². The summed E-state index contributed by atoms with van der Waals surface area (Å²) in [6.45, 7) is 3.43. The third kappa shape index (κ3) is 6.44. The van der Waals surface area contributed by atoms with Crippen molar-refractivity contribution in [1.82, 2.24) is 10.2 Å². The van der Waals surface area contributed by atoms with Crippen LogP contribution in [0.4, 0.5) is 5.69 Å². The monoisotopic (exact) mass is 527 g/mol. The molecule has 0 fully saturated rings. The number of sulfonamides is 1. The quantitative estimate of drug-likeness (QED) is 0.423. The molecule has 3 aromatic carbocycles. The second-order valence-electron chi connectivity index (χ2n) is 8.35. The fourth-order valence-electron chi connectivity index (χ4n) is 3.95. The van der Waals surface area contributed by atoms with Crippen molar-refractivity contribution < 1.29 is 18.0 Å². The normalized spacial score (nSPS) is 12.0. The van der Waals surface area contributed by atoms with E-state index in [4.69, 9.17) is 11.6 Å². The lowest BCUT2D eigenvalue weighted by molar-refractivity contribution is -0.140. The maximum absolute atomic E-state index is 13.8. The number of hydrogen-bond acceptors (Lipinski definition) is 4. The minimum Gasteiger partial charge on any atom is -0.357 e. The van der Waals surface area contributed by atoms with Crippen molar-refractivity contribution >= 4 is 39.1 Å². The van der Waals surface area contributed by atoms with E-state index in [1.807, 2.05) is 38.1 Å². The lowest BCUT2D eigenvalue weighted by atomic mass is 10.1. The van der Waals surface area contributed by atoms with E-state index in [-0.39, 0.29) is 17.3 Å². The third-order valence-electron chi connectivity index (χ3n) is 5.79. The molecule has 3 aromatic rings. The molecule has 0 unspecified atom stereocenters. The van der Waals surface area contributed by atoms with Crippen molar-refractivity contribution in [1.29, 1.82) is 0 Å². The Bertz CT molecular complexity index is 1300. The Hall–Kier alpha value is -3.36. The number of hydrogen-bond donors (Lipinski definition) is 1. The molecule has 1 atom stereocenters. The average Bonchev–Trinajstić information content (AvgIpc) is 2.88. The first kappa shape index (κ1) is 27.2. The SMILES string of the molecule is CC[C@@H](C(=O)NC)N(Cc1cccc(C)c1)C(=O)CN(c1ccc(Cl)cc1)S(=O)(=O)c1ccccc1. The van der Waals surface area contributed by atoms with E-state index in [2.05, 4.69) is 5.32 Å². The van der Waals surface area contributed by atoms with Gasteiger partial charge in [0.1, 0.15) is 12.6 Å². The number of carbonyl (C=O) groups excluding carboxylic acids is 2. The molecule has 190 valence electrons. The lowest BCUT2D eigenvalue weighted by Gasteiger charge is -2.33. The van der Waals surface area contributed by atoms with Crippen LogP contribution in [0.5, 0.6) is 0 Å². The van der Waals surface area contributed by atoms with Gasteiger partial charge >= 0.3 is 0 Å². The van der Waals surface area contributed by atoms with Gasteiger partial charge in [-0.1, -0.05) is 66.6 Å². The number of amides is 2. The first-order valence-electron chi connectivity index (χ1n) is 11.6. The van der Waals surface area contributed by atoms with Crippen LogP contribution in [0.3, 0.4) is 0 Å². The molecule has 0 radical (unpaired) electrons. The molecule has 0 saturated carbocycles. The summed E-state index contributed by atoms with van der Waals surface area (Å²) < 4.78 is 28.4.